The summed E-state index contributed by atoms with van der Waals surface area (Å²) in [6, 6.07) is 19.3. The van der Waals surface area contributed by atoms with Crippen LogP contribution < -0.4 is 15.4 Å². The molecule has 3 rings (SSSR count). The van der Waals surface area contributed by atoms with Crippen molar-refractivity contribution in [2.24, 2.45) is 5.92 Å². The summed E-state index contributed by atoms with van der Waals surface area (Å²) in [7, 11) is 0. The maximum absolute atomic E-state index is 12.9. The maximum atomic E-state index is 12.9. The van der Waals surface area contributed by atoms with E-state index in [0.717, 1.165) is 25.1 Å². The number of carbonyl (C=O) groups is 1. The van der Waals surface area contributed by atoms with Crippen LogP contribution in [0.1, 0.15) is 25.0 Å². The fourth-order valence-electron chi connectivity index (χ4n) is 2.98. The van der Waals surface area contributed by atoms with Crippen molar-refractivity contribution >= 4 is 5.91 Å². The highest BCUT2D eigenvalue weighted by Crippen LogP contribution is 2.23. The maximum Gasteiger partial charge on any atom is 0.266 e. The Bertz CT molecular complexity index is 645. The standard InChI is InChI=1S/C20H24N2O2/c1-15-12-13-21-14-18(15)22-20(23)19(16-8-4-2-5-9-16)24-17-10-6-3-7-11-17/h2-11,15,18-19,21H,12-14H2,1H3,(H,22,23). The fourth-order valence-corrected chi connectivity index (χ4v) is 2.98. The predicted molar refractivity (Wildman–Crippen MR) is 94.8 cm³/mol. The quantitative estimate of drug-likeness (QED) is 0.889. The number of ether oxygens (including phenoxy) is 1. The van der Waals surface area contributed by atoms with Gasteiger partial charge in [-0.15, -0.1) is 0 Å². The highest BCUT2D eigenvalue weighted by molar-refractivity contribution is 5.83. The van der Waals surface area contributed by atoms with E-state index >= 15 is 0 Å². The molecule has 0 spiro atoms. The summed E-state index contributed by atoms with van der Waals surface area (Å²) in [6.07, 6.45) is 0.420. The van der Waals surface area contributed by atoms with Gasteiger partial charge in [0.2, 0.25) is 6.10 Å². The number of amides is 1. The third-order valence-corrected chi connectivity index (χ3v) is 4.49. The van der Waals surface area contributed by atoms with Crippen molar-refractivity contribution in [2.45, 2.75) is 25.5 Å². The number of piperidine rings is 1. The van der Waals surface area contributed by atoms with Crippen molar-refractivity contribution in [1.29, 1.82) is 0 Å². The Morgan fingerprint density at radius 2 is 1.79 bits per heavy atom. The van der Waals surface area contributed by atoms with Gasteiger partial charge in [-0.25, -0.2) is 0 Å². The number of hydrogen-bond donors (Lipinski definition) is 2. The highest BCUT2D eigenvalue weighted by atomic mass is 16.5. The lowest BCUT2D eigenvalue weighted by molar-refractivity contribution is -0.129. The van der Waals surface area contributed by atoms with E-state index in [-0.39, 0.29) is 11.9 Å². The van der Waals surface area contributed by atoms with Crippen molar-refractivity contribution in [3.05, 3.63) is 66.2 Å². The molecule has 2 N–H and O–H groups in total. The summed E-state index contributed by atoms with van der Waals surface area (Å²) in [6.45, 7) is 4.00. The molecule has 1 aliphatic heterocycles. The van der Waals surface area contributed by atoms with Crippen molar-refractivity contribution in [1.82, 2.24) is 10.6 Å². The van der Waals surface area contributed by atoms with Gasteiger partial charge in [0.15, 0.2) is 0 Å². The number of carbonyl (C=O) groups excluding carboxylic acids is 1. The van der Waals surface area contributed by atoms with Gasteiger partial charge in [-0.1, -0.05) is 55.5 Å². The molecule has 0 saturated carbocycles. The molecule has 2 aromatic rings. The Morgan fingerprint density at radius 1 is 1.12 bits per heavy atom. The van der Waals surface area contributed by atoms with Crippen LogP contribution in [0.3, 0.4) is 0 Å². The lowest BCUT2D eigenvalue weighted by Crippen LogP contribution is -2.51. The van der Waals surface area contributed by atoms with Crippen molar-refractivity contribution in [2.75, 3.05) is 13.1 Å². The number of benzene rings is 2. The van der Waals surface area contributed by atoms with Gasteiger partial charge >= 0.3 is 0 Å². The molecule has 1 amide bonds. The molecule has 0 bridgehead atoms. The largest absolute Gasteiger partial charge is 0.476 e. The normalized spacial score (nSPS) is 21.7. The molecule has 0 aliphatic carbocycles. The fraction of sp³-hybridized carbons (Fsp3) is 0.350. The number of para-hydroxylation sites is 1. The predicted octanol–water partition coefficient (Wildman–Crippen LogP) is 2.92. The number of rotatable bonds is 5. The Labute approximate surface area is 143 Å². The SMILES string of the molecule is CC1CCNCC1NC(=O)C(Oc1ccccc1)c1ccccc1. The molecule has 4 nitrogen and oxygen atoms in total. The summed E-state index contributed by atoms with van der Waals surface area (Å²) in [5.41, 5.74) is 0.857. The molecule has 1 fully saturated rings. The molecule has 1 aliphatic rings. The second-order valence-corrected chi connectivity index (χ2v) is 6.31. The van der Waals surface area contributed by atoms with Gasteiger partial charge in [0.25, 0.3) is 5.91 Å². The summed E-state index contributed by atoms with van der Waals surface area (Å²) < 4.78 is 6.01. The van der Waals surface area contributed by atoms with Crippen LogP contribution in [0.5, 0.6) is 5.75 Å². The zero-order valence-electron chi connectivity index (χ0n) is 13.9. The second-order valence-electron chi connectivity index (χ2n) is 6.31. The average molecular weight is 324 g/mol. The molecule has 3 unspecified atom stereocenters. The van der Waals surface area contributed by atoms with Crippen LogP contribution in [-0.2, 0) is 4.79 Å². The van der Waals surface area contributed by atoms with Crippen LogP contribution >= 0.6 is 0 Å². The smallest absolute Gasteiger partial charge is 0.266 e. The topological polar surface area (TPSA) is 50.4 Å². The Morgan fingerprint density at radius 3 is 2.46 bits per heavy atom. The lowest BCUT2D eigenvalue weighted by Gasteiger charge is -2.31. The van der Waals surface area contributed by atoms with Crippen LogP contribution in [0.2, 0.25) is 0 Å². The summed E-state index contributed by atoms with van der Waals surface area (Å²) >= 11 is 0. The molecule has 1 saturated heterocycles. The van der Waals surface area contributed by atoms with Gasteiger partial charge in [-0.3, -0.25) is 4.79 Å². The van der Waals surface area contributed by atoms with Gasteiger partial charge in [-0.05, 0) is 31.0 Å². The van der Waals surface area contributed by atoms with E-state index in [0.29, 0.717) is 11.7 Å². The molecule has 2 aromatic carbocycles. The first kappa shape index (κ1) is 16.5. The minimum absolute atomic E-state index is 0.0920. The van der Waals surface area contributed by atoms with E-state index in [4.69, 9.17) is 4.74 Å². The van der Waals surface area contributed by atoms with Gasteiger partial charge < -0.3 is 15.4 Å². The zero-order valence-corrected chi connectivity index (χ0v) is 13.9. The van der Waals surface area contributed by atoms with Crippen LogP contribution in [0, 0.1) is 5.92 Å². The highest BCUT2D eigenvalue weighted by Gasteiger charge is 2.28. The van der Waals surface area contributed by atoms with Crippen molar-refractivity contribution < 1.29 is 9.53 Å². The van der Waals surface area contributed by atoms with Gasteiger partial charge in [0.1, 0.15) is 5.75 Å². The monoisotopic (exact) mass is 324 g/mol. The van der Waals surface area contributed by atoms with Crippen LogP contribution in [-0.4, -0.2) is 25.0 Å². The van der Waals surface area contributed by atoms with Crippen molar-refractivity contribution in [3.63, 3.8) is 0 Å². The lowest BCUT2D eigenvalue weighted by atomic mass is 9.94. The average Bonchev–Trinajstić information content (AvgIpc) is 2.63. The molecule has 0 aromatic heterocycles. The molecule has 4 heteroatoms. The summed E-state index contributed by atoms with van der Waals surface area (Å²) in [5.74, 6) is 1.06. The van der Waals surface area contributed by atoms with E-state index in [1.165, 1.54) is 0 Å². The van der Waals surface area contributed by atoms with Gasteiger partial charge in [0.05, 0.1) is 0 Å². The first-order valence-corrected chi connectivity index (χ1v) is 8.52. The first-order chi connectivity index (χ1) is 11.7. The van der Waals surface area contributed by atoms with Crippen LogP contribution in [0.15, 0.2) is 60.7 Å². The van der Waals surface area contributed by atoms with E-state index < -0.39 is 6.10 Å². The molecule has 3 atom stereocenters. The Balaban J connectivity index is 1.77. The molecule has 24 heavy (non-hydrogen) atoms. The molecular weight excluding hydrogens is 300 g/mol. The second kappa shape index (κ2) is 7.97. The minimum atomic E-state index is -0.650. The summed E-state index contributed by atoms with van der Waals surface area (Å²) in [4.78, 5) is 12.9. The molecular formula is C20H24N2O2. The molecule has 1 heterocycles. The third kappa shape index (κ3) is 4.15. The van der Waals surface area contributed by atoms with Crippen LogP contribution in [0.4, 0.5) is 0 Å². The number of hydrogen-bond acceptors (Lipinski definition) is 3. The zero-order chi connectivity index (χ0) is 16.8. The molecule has 126 valence electrons. The number of nitrogens with one attached hydrogen (secondary N) is 2. The summed E-state index contributed by atoms with van der Waals surface area (Å²) in [5, 5.41) is 6.50. The van der Waals surface area contributed by atoms with E-state index in [2.05, 4.69) is 17.6 Å². The van der Waals surface area contributed by atoms with E-state index in [1.54, 1.807) is 0 Å². The van der Waals surface area contributed by atoms with E-state index in [9.17, 15) is 4.79 Å². The minimum Gasteiger partial charge on any atom is -0.476 e. The first-order valence-electron chi connectivity index (χ1n) is 8.52. The van der Waals surface area contributed by atoms with Gasteiger partial charge in [0, 0.05) is 18.2 Å². The Kier molecular flexibility index (Phi) is 5.49. The Hall–Kier alpha value is -2.33. The third-order valence-electron chi connectivity index (χ3n) is 4.49. The molecule has 0 radical (unpaired) electrons. The van der Waals surface area contributed by atoms with E-state index in [1.807, 2.05) is 60.7 Å². The van der Waals surface area contributed by atoms with Crippen molar-refractivity contribution in [3.8, 4) is 5.75 Å². The van der Waals surface area contributed by atoms with Crippen LogP contribution in [0.25, 0.3) is 0 Å². The van der Waals surface area contributed by atoms with Gasteiger partial charge in [-0.2, -0.15) is 0 Å².